The maximum atomic E-state index is 14.0. The van der Waals surface area contributed by atoms with Crippen molar-refractivity contribution in [2.45, 2.75) is 13.5 Å². The van der Waals surface area contributed by atoms with Crippen molar-refractivity contribution in [3.63, 3.8) is 0 Å². The lowest BCUT2D eigenvalue weighted by Crippen LogP contribution is -2.05. The van der Waals surface area contributed by atoms with Crippen molar-refractivity contribution in [1.29, 1.82) is 0 Å². The zero-order chi connectivity index (χ0) is 14.3. The van der Waals surface area contributed by atoms with Crippen molar-refractivity contribution in [3.05, 3.63) is 52.7 Å². The summed E-state index contributed by atoms with van der Waals surface area (Å²) in [6, 6.07) is 4.68. The number of aromatic carboxylic acids is 1. The van der Waals surface area contributed by atoms with Gasteiger partial charge in [-0.2, -0.15) is 0 Å². The predicted octanol–water partition coefficient (Wildman–Crippen LogP) is 3.29. The van der Waals surface area contributed by atoms with Gasteiger partial charge in [0.15, 0.2) is 0 Å². The van der Waals surface area contributed by atoms with Crippen LogP contribution >= 0.6 is 11.3 Å². The molecule has 0 atom stereocenters. The van der Waals surface area contributed by atoms with Crippen molar-refractivity contribution in [2.75, 3.05) is 0 Å². The van der Waals surface area contributed by atoms with E-state index in [1.807, 2.05) is 6.92 Å². The number of aromatic nitrogens is 2. The Morgan fingerprint density at radius 3 is 2.95 bits per heavy atom. The third-order valence-electron chi connectivity index (χ3n) is 3.21. The molecule has 0 unspecified atom stereocenters. The number of fused-ring (bicyclic) bond motifs is 1. The minimum absolute atomic E-state index is 0.179. The monoisotopic (exact) mass is 290 g/mol. The maximum absolute atomic E-state index is 14.0. The van der Waals surface area contributed by atoms with Gasteiger partial charge in [0.2, 0.25) is 0 Å². The zero-order valence-electron chi connectivity index (χ0n) is 10.6. The van der Waals surface area contributed by atoms with Crippen LogP contribution in [0.2, 0.25) is 0 Å². The molecular formula is C14H11FN2O2S. The molecule has 3 aromatic rings. The average molecular weight is 290 g/mol. The second-order valence-corrected chi connectivity index (χ2v) is 5.48. The van der Waals surface area contributed by atoms with Crippen LogP contribution in [0.15, 0.2) is 30.6 Å². The Hall–Kier alpha value is -2.21. The van der Waals surface area contributed by atoms with Crippen LogP contribution in [0.1, 0.15) is 21.1 Å². The minimum atomic E-state index is -1.03. The molecule has 0 amide bonds. The molecule has 0 aliphatic rings. The number of nitrogens with zero attached hydrogens (tertiary/aromatic N) is 2. The third-order valence-corrected chi connectivity index (χ3v) is 4.39. The lowest BCUT2D eigenvalue weighted by Gasteiger charge is -2.06. The maximum Gasteiger partial charge on any atom is 0.346 e. The minimum Gasteiger partial charge on any atom is -0.477 e. The topological polar surface area (TPSA) is 55.1 Å². The highest BCUT2D eigenvalue weighted by Gasteiger charge is 2.20. The largest absolute Gasteiger partial charge is 0.477 e. The summed E-state index contributed by atoms with van der Waals surface area (Å²) in [6.45, 7) is 2.12. The van der Waals surface area contributed by atoms with Gasteiger partial charge in [-0.05, 0) is 19.1 Å². The molecule has 0 aliphatic heterocycles. The molecule has 6 heteroatoms. The second kappa shape index (κ2) is 4.72. The molecule has 2 heterocycles. The van der Waals surface area contributed by atoms with Crippen LogP contribution in [0.3, 0.4) is 0 Å². The van der Waals surface area contributed by atoms with Gasteiger partial charge in [0.05, 0.1) is 6.54 Å². The van der Waals surface area contributed by atoms with Gasteiger partial charge in [-0.15, -0.1) is 11.3 Å². The van der Waals surface area contributed by atoms with Gasteiger partial charge in [-0.1, -0.05) is 6.07 Å². The van der Waals surface area contributed by atoms with E-state index in [0.29, 0.717) is 22.2 Å². The summed E-state index contributed by atoms with van der Waals surface area (Å²) in [5, 5.41) is 9.71. The lowest BCUT2D eigenvalue weighted by atomic mass is 10.1. The summed E-state index contributed by atoms with van der Waals surface area (Å²) >= 11 is 1.10. The van der Waals surface area contributed by atoms with Gasteiger partial charge in [-0.3, -0.25) is 0 Å². The Labute approximate surface area is 118 Å². The number of benzene rings is 1. The summed E-state index contributed by atoms with van der Waals surface area (Å²) in [5.41, 5.74) is 0.497. The Bertz CT molecular complexity index is 807. The van der Waals surface area contributed by atoms with Crippen molar-refractivity contribution >= 4 is 27.4 Å². The second-order valence-electron chi connectivity index (χ2n) is 4.43. The van der Waals surface area contributed by atoms with Gasteiger partial charge in [0, 0.05) is 28.0 Å². The number of carbonyl (C=O) groups is 1. The van der Waals surface area contributed by atoms with E-state index < -0.39 is 5.97 Å². The number of thiophene rings is 1. The fourth-order valence-corrected chi connectivity index (χ4v) is 3.30. The summed E-state index contributed by atoms with van der Waals surface area (Å²) < 4.78 is 16.5. The molecule has 0 radical (unpaired) electrons. The molecule has 0 saturated carbocycles. The van der Waals surface area contributed by atoms with E-state index in [1.165, 1.54) is 6.07 Å². The Morgan fingerprint density at radius 1 is 1.50 bits per heavy atom. The molecule has 2 aromatic heterocycles. The van der Waals surface area contributed by atoms with E-state index in [2.05, 4.69) is 4.98 Å². The Morgan fingerprint density at radius 2 is 2.30 bits per heavy atom. The molecule has 1 aromatic carbocycles. The molecule has 20 heavy (non-hydrogen) atoms. The summed E-state index contributed by atoms with van der Waals surface area (Å²) in [5.74, 6) is -0.658. The molecule has 0 bridgehead atoms. The molecule has 1 N–H and O–H groups in total. The van der Waals surface area contributed by atoms with E-state index in [9.17, 15) is 14.3 Å². The highest BCUT2D eigenvalue weighted by Crippen LogP contribution is 2.34. The smallest absolute Gasteiger partial charge is 0.346 e. The van der Waals surface area contributed by atoms with Crippen molar-refractivity contribution in [2.24, 2.45) is 0 Å². The highest BCUT2D eigenvalue weighted by molar-refractivity contribution is 7.21. The quantitative estimate of drug-likeness (QED) is 0.805. The van der Waals surface area contributed by atoms with E-state index in [4.69, 9.17) is 0 Å². The van der Waals surface area contributed by atoms with Crippen LogP contribution in [0.5, 0.6) is 0 Å². The van der Waals surface area contributed by atoms with Crippen LogP contribution in [0.4, 0.5) is 4.39 Å². The van der Waals surface area contributed by atoms with Gasteiger partial charge >= 0.3 is 5.97 Å². The number of hydrogen-bond donors (Lipinski definition) is 1. The van der Waals surface area contributed by atoms with Crippen LogP contribution in [-0.4, -0.2) is 20.6 Å². The normalized spacial score (nSPS) is 11.1. The highest BCUT2D eigenvalue weighted by atomic mass is 32.1. The molecule has 4 nitrogen and oxygen atoms in total. The predicted molar refractivity (Wildman–Crippen MR) is 74.8 cm³/mol. The average Bonchev–Trinajstić information content (AvgIpc) is 2.96. The van der Waals surface area contributed by atoms with Crippen molar-refractivity contribution in [1.82, 2.24) is 9.55 Å². The number of carboxylic acid groups (broad SMARTS) is 1. The first-order chi connectivity index (χ1) is 9.58. The molecular weight excluding hydrogens is 279 g/mol. The molecule has 3 rings (SSSR count). The van der Waals surface area contributed by atoms with Crippen LogP contribution < -0.4 is 0 Å². The van der Waals surface area contributed by atoms with Crippen LogP contribution in [-0.2, 0) is 6.54 Å². The summed E-state index contributed by atoms with van der Waals surface area (Å²) in [7, 11) is 0. The number of hydrogen-bond acceptors (Lipinski definition) is 3. The standard InChI is InChI=1S/C14H11FN2O2S/c1-8-16-5-6-17(8)7-9-12-10(15)3-2-4-11(12)20-13(9)14(18)19/h2-6H,7H2,1H3,(H,18,19). The van der Waals surface area contributed by atoms with Crippen LogP contribution in [0, 0.1) is 12.7 Å². The Balaban J connectivity index is 2.24. The molecule has 0 saturated heterocycles. The van der Waals surface area contributed by atoms with E-state index in [1.54, 1.807) is 29.1 Å². The van der Waals surface area contributed by atoms with Gasteiger partial charge < -0.3 is 9.67 Å². The van der Waals surface area contributed by atoms with Crippen molar-refractivity contribution in [3.8, 4) is 0 Å². The third kappa shape index (κ3) is 1.98. The zero-order valence-corrected chi connectivity index (χ0v) is 11.4. The lowest BCUT2D eigenvalue weighted by molar-refractivity contribution is 0.0701. The first-order valence-electron chi connectivity index (χ1n) is 5.99. The van der Waals surface area contributed by atoms with E-state index in [-0.39, 0.29) is 10.7 Å². The number of imidazole rings is 1. The number of aryl methyl sites for hydroxylation is 1. The van der Waals surface area contributed by atoms with Crippen molar-refractivity contribution < 1.29 is 14.3 Å². The van der Waals surface area contributed by atoms with Crippen LogP contribution in [0.25, 0.3) is 10.1 Å². The molecule has 0 fully saturated rings. The number of carboxylic acids is 1. The molecule has 0 spiro atoms. The SMILES string of the molecule is Cc1nccn1Cc1c(C(=O)O)sc2cccc(F)c12. The first-order valence-corrected chi connectivity index (χ1v) is 6.80. The molecule has 102 valence electrons. The number of halogens is 1. The fraction of sp³-hybridized carbons (Fsp3) is 0.143. The fourth-order valence-electron chi connectivity index (χ4n) is 2.23. The first kappa shape index (κ1) is 12.8. The van der Waals surface area contributed by atoms with E-state index in [0.717, 1.165) is 17.2 Å². The Kier molecular flexibility index (Phi) is 3.02. The number of rotatable bonds is 3. The summed E-state index contributed by atoms with van der Waals surface area (Å²) in [4.78, 5) is 15.7. The van der Waals surface area contributed by atoms with E-state index >= 15 is 0 Å². The van der Waals surface area contributed by atoms with Gasteiger partial charge in [-0.25, -0.2) is 14.2 Å². The molecule has 0 aliphatic carbocycles. The summed E-state index contributed by atoms with van der Waals surface area (Å²) in [6.07, 6.45) is 3.39. The van der Waals surface area contributed by atoms with Gasteiger partial charge in [0.25, 0.3) is 0 Å². The van der Waals surface area contributed by atoms with Gasteiger partial charge in [0.1, 0.15) is 16.5 Å².